The van der Waals surface area contributed by atoms with Crippen molar-refractivity contribution in [3.63, 3.8) is 0 Å². The van der Waals surface area contributed by atoms with E-state index in [-0.39, 0.29) is 0 Å². The van der Waals surface area contributed by atoms with Gasteiger partial charge in [-0.1, -0.05) is 40.5 Å². The standard InChI is InChI=1S/C13H27N/c1-10(2)6-5-7-13(12-8-9-12)14-11(3)4/h10-14H,5-9H2,1-4H3. The summed E-state index contributed by atoms with van der Waals surface area (Å²) in [5, 5.41) is 3.72. The number of nitrogens with one attached hydrogen (secondary N) is 1. The van der Waals surface area contributed by atoms with E-state index in [1.165, 1.54) is 32.1 Å². The third kappa shape index (κ3) is 4.99. The van der Waals surface area contributed by atoms with Crippen LogP contribution >= 0.6 is 0 Å². The summed E-state index contributed by atoms with van der Waals surface area (Å²) >= 11 is 0. The fourth-order valence-electron chi connectivity index (χ4n) is 2.13. The summed E-state index contributed by atoms with van der Waals surface area (Å²) in [7, 11) is 0. The third-order valence-electron chi connectivity index (χ3n) is 3.04. The molecule has 0 bridgehead atoms. The Kier molecular flexibility index (Phi) is 4.94. The van der Waals surface area contributed by atoms with E-state index in [9.17, 15) is 0 Å². The van der Waals surface area contributed by atoms with Gasteiger partial charge in [0, 0.05) is 12.1 Å². The van der Waals surface area contributed by atoms with Gasteiger partial charge in [-0.3, -0.25) is 0 Å². The van der Waals surface area contributed by atoms with Gasteiger partial charge in [0.05, 0.1) is 0 Å². The fourth-order valence-corrected chi connectivity index (χ4v) is 2.13. The lowest BCUT2D eigenvalue weighted by atomic mass is 10.00. The van der Waals surface area contributed by atoms with Gasteiger partial charge in [0.15, 0.2) is 0 Å². The molecule has 1 aliphatic carbocycles. The van der Waals surface area contributed by atoms with Crippen LogP contribution in [0.5, 0.6) is 0 Å². The average Bonchev–Trinajstić information content (AvgIpc) is 2.83. The molecule has 1 N–H and O–H groups in total. The second-order valence-electron chi connectivity index (χ2n) is 5.59. The second-order valence-corrected chi connectivity index (χ2v) is 5.59. The summed E-state index contributed by atoms with van der Waals surface area (Å²) in [5.41, 5.74) is 0. The highest BCUT2D eigenvalue weighted by atomic mass is 14.9. The van der Waals surface area contributed by atoms with Crippen LogP contribution in [0.1, 0.15) is 59.8 Å². The Balaban J connectivity index is 2.15. The number of rotatable bonds is 7. The van der Waals surface area contributed by atoms with E-state index in [1.54, 1.807) is 0 Å². The normalized spacial score (nSPS) is 19.3. The molecule has 1 fully saturated rings. The minimum atomic E-state index is 0.652. The van der Waals surface area contributed by atoms with Crippen LogP contribution in [0.3, 0.4) is 0 Å². The molecule has 0 aromatic carbocycles. The molecular formula is C13H27N. The van der Waals surface area contributed by atoms with Crippen molar-refractivity contribution in [3.8, 4) is 0 Å². The van der Waals surface area contributed by atoms with Crippen molar-refractivity contribution in [2.45, 2.75) is 71.9 Å². The molecule has 1 saturated carbocycles. The Bertz CT molecular complexity index is 147. The minimum Gasteiger partial charge on any atom is -0.312 e. The lowest BCUT2D eigenvalue weighted by Gasteiger charge is -2.21. The molecule has 1 aliphatic rings. The molecule has 1 unspecified atom stereocenters. The van der Waals surface area contributed by atoms with Gasteiger partial charge in [-0.05, 0) is 31.1 Å². The zero-order valence-corrected chi connectivity index (χ0v) is 10.3. The van der Waals surface area contributed by atoms with E-state index in [0.717, 1.165) is 17.9 Å². The maximum absolute atomic E-state index is 3.72. The maximum atomic E-state index is 3.72. The Morgan fingerprint density at radius 2 is 1.71 bits per heavy atom. The van der Waals surface area contributed by atoms with Crippen molar-refractivity contribution in [2.75, 3.05) is 0 Å². The van der Waals surface area contributed by atoms with Crippen LogP contribution in [0.2, 0.25) is 0 Å². The summed E-state index contributed by atoms with van der Waals surface area (Å²) in [5.74, 6) is 1.87. The minimum absolute atomic E-state index is 0.652. The van der Waals surface area contributed by atoms with E-state index in [2.05, 4.69) is 33.0 Å². The molecule has 1 rings (SSSR count). The zero-order valence-electron chi connectivity index (χ0n) is 10.3. The monoisotopic (exact) mass is 197 g/mol. The zero-order chi connectivity index (χ0) is 10.6. The molecule has 0 spiro atoms. The van der Waals surface area contributed by atoms with Crippen molar-refractivity contribution in [2.24, 2.45) is 11.8 Å². The molecule has 0 aliphatic heterocycles. The van der Waals surface area contributed by atoms with Crippen molar-refractivity contribution < 1.29 is 0 Å². The molecular weight excluding hydrogens is 170 g/mol. The van der Waals surface area contributed by atoms with E-state index in [1.807, 2.05) is 0 Å². The van der Waals surface area contributed by atoms with E-state index in [0.29, 0.717) is 6.04 Å². The SMILES string of the molecule is CC(C)CCCC(NC(C)C)C1CC1. The van der Waals surface area contributed by atoms with Crippen molar-refractivity contribution in [3.05, 3.63) is 0 Å². The molecule has 0 aromatic rings. The smallest absolute Gasteiger partial charge is 0.00976 e. The van der Waals surface area contributed by atoms with Crippen LogP contribution in [0.25, 0.3) is 0 Å². The van der Waals surface area contributed by atoms with Crippen LogP contribution in [-0.2, 0) is 0 Å². The number of hydrogen-bond donors (Lipinski definition) is 1. The van der Waals surface area contributed by atoms with Crippen LogP contribution in [0, 0.1) is 11.8 Å². The summed E-state index contributed by atoms with van der Waals surface area (Å²) in [6.07, 6.45) is 7.11. The van der Waals surface area contributed by atoms with Crippen LogP contribution in [-0.4, -0.2) is 12.1 Å². The molecule has 0 saturated heterocycles. The van der Waals surface area contributed by atoms with Gasteiger partial charge in [0.2, 0.25) is 0 Å². The highest BCUT2D eigenvalue weighted by Gasteiger charge is 2.30. The molecule has 1 nitrogen and oxygen atoms in total. The van der Waals surface area contributed by atoms with Gasteiger partial charge >= 0.3 is 0 Å². The molecule has 0 radical (unpaired) electrons. The summed E-state index contributed by atoms with van der Waals surface area (Å²) in [6.45, 7) is 9.17. The molecule has 0 aromatic heterocycles. The molecule has 14 heavy (non-hydrogen) atoms. The average molecular weight is 197 g/mol. The predicted molar refractivity (Wildman–Crippen MR) is 63.5 cm³/mol. The first kappa shape index (κ1) is 12.0. The first-order chi connectivity index (χ1) is 6.59. The van der Waals surface area contributed by atoms with Crippen molar-refractivity contribution in [1.29, 1.82) is 0 Å². The molecule has 1 heteroatoms. The van der Waals surface area contributed by atoms with Crippen molar-refractivity contribution >= 4 is 0 Å². The highest BCUT2D eigenvalue weighted by Crippen LogP contribution is 2.35. The summed E-state index contributed by atoms with van der Waals surface area (Å²) in [4.78, 5) is 0. The Hall–Kier alpha value is -0.0400. The molecule has 0 heterocycles. The Labute approximate surface area is 89.7 Å². The van der Waals surface area contributed by atoms with Crippen LogP contribution in [0.4, 0.5) is 0 Å². The molecule has 1 atom stereocenters. The van der Waals surface area contributed by atoms with Gasteiger partial charge in [0.1, 0.15) is 0 Å². The van der Waals surface area contributed by atoms with Crippen LogP contribution in [0.15, 0.2) is 0 Å². The van der Waals surface area contributed by atoms with Gasteiger partial charge in [0.25, 0.3) is 0 Å². The van der Waals surface area contributed by atoms with Gasteiger partial charge in [-0.25, -0.2) is 0 Å². The largest absolute Gasteiger partial charge is 0.312 e. The van der Waals surface area contributed by atoms with Gasteiger partial charge < -0.3 is 5.32 Å². The quantitative estimate of drug-likeness (QED) is 0.657. The first-order valence-corrected chi connectivity index (χ1v) is 6.35. The predicted octanol–water partition coefficient (Wildman–Crippen LogP) is 3.59. The van der Waals surface area contributed by atoms with Gasteiger partial charge in [-0.2, -0.15) is 0 Å². The maximum Gasteiger partial charge on any atom is 0.00976 e. The number of hydrogen-bond acceptors (Lipinski definition) is 1. The van der Waals surface area contributed by atoms with E-state index in [4.69, 9.17) is 0 Å². The lowest BCUT2D eigenvalue weighted by Crippen LogP contribution is -2.36. The highest BCUT2D eigenvalue weighted by molar-refractivity contribution is 4.87. The Morgan fingerprint density at radius 3 is 2.14 bits per heavy atom. The Morgan fingerprint density at radius 1 is 1.07 bits per heavy atom. The lowest BCUT2D eigenvalue weighted by molar-refractivity contribution is 0.377. The molecule has 84 valence electrons. The van der Waals surface area contributed by atoms with E-state index < -0.39 is 0 Å². The van der Waals surface area contributed by atoms with Crippen molar-refractivity contribution in [1.82, 2.24) is 5.32 Å². The fraction of sp³-hybridized carbons (Fsp3) is 1.00. The summed E-state index contributed by atoms with van der Waals surface area (Å²) in [6, 6.07) is 1.47. The van der Waals surface area contributed by atoms with Crippen LogP contribution < -0.4 is 5.32 Å². The topological polar surface area (TPSA) is 12.0 Å². The van der Waals surface area contributed by atoms with Gasteiger partial charge in [-0.15, -0.1) is 0 Å². The molecule has 0 amide bonds. The first-order valence-electron chi connectivity index (χ1n) is 6.35. The second kappa shape index (κ2) is 5.75. The summed E-state index contributed by atoms with van der Waals surface area (Å²) < 4.78 is 0. The third-order valence-corrected chi connectivity index (χ3v) is 3.04. The van der Waals surface area contributed by atoms with E-state index >= 15 is 0 Å².